The van der Waals surface area contributed by atoms with E-state index in [1.54, 1.807) is 35.2 Å². The Bertz CT molecular complexity index is 1170. The highest BCUT2D eigenvalue weighted by atomic mass is 19.1. The molecule has 3 aromatic rings. The fourth-order valence-corrected chi connectivity index (χ4v) is 3.68. The van der Waals surface area contributed by atoms with Crippen LogP contribution in [0.4, 0.5) is 15.8 Å². The Morgan fingerprint density at radius 2 is 1.68 bits per heavy atom. The summed E-state index contributed by atoms with van der Waals surface area (Å²) in [6.45, 7) is 0.422. The largest absolute Gasteiger partial charge is 0.484 e. The molecule has 0 saturated carbocycles. The second-order valence-electron chi connectivity index (χ2n) is 7.92. The van der Waals surface area contributed by atoms with Crippen LogP contribution >= 0.6 is 0 Å². The molecule has 1 aliphatic heterocycles. The summed E-state index contributed by atoms with van der Waals surface area (Å²) in [5, 5.41) is 5.34. The Kier molecular flexibility index (Phi) is 7.17. The summed E-state index contributed by atoms with van der Waals surface area (Å²) >= 11 is 0. The third-order valence-electron chi connectivity index (χ3n) is 5.47. The van der Waals surface area contributed by atoms with Crippen LogP contribution in [0.5, 0.6) is 5.75 Å². The molecular formula is C26H24FN3O4. The van der Waals surface area contributed by atoms with Crippen LogP contribution in [0.15, 0.2) is 78.9 Å². The number of carbonyl (C=O) groups is 3. The summed E-state index contributed by atoms with van der Waals surface area (Å²) in [5.74, 6) is -1.29. The molecule has 0 bridgehead atoms. The Morgan fingerprint density at radius 1 is 0.971 bits per heavy atom. The van der Waals surface area contributed by atoms with E-state index in [9.17, 15) is 18.8 Å². The van der Waals surface area contributed by atoms with Gasteiger partial charge in [0.2, 0.25) is 11.8 Å². The molecule has 0 aromatic heterocycles. The minimum absolute atomic E-state index is 0.0846. The summed E-state index contributed by atoms with van der Waals surface area (Å²) in [4.78, 5) is 38.6. The molecule has 8 heteroatoms. The molecule has 3 amide bonds. The van der Waals surface area contributed by atoms with Gasteiger partial charge in [-0.2, -0.15) is 0 Å². The van der Waals surface area contributed by atoms with Crippen LogP contribution in [-0.2, 0) is 20.9 Å². The molecule has 2 N–H and O–H groups in total. The highest BCUT2D eigenvalue weighted by molar-refractivity contribution is 6.00. The summed E-state index contributed by atoms with van der Waals surface area (Å²) in [5.41, 5.74) is 1.73. The van der Waals surface area contributed by atoms with Gasteiger partial charge in [0, 0.05) is 25.2 Å². The molecule has 1 heterocycles. The molecule has 4 rings (SSSR count). The van der Waals surface area contributed by atoms with Gasteiger partial charge in [0.1, 0.15) is 11.6 Å². The monoisotopic (exact) mass is 461 g/mol. The number of amides is 3. The van der Waals surface area contributed by atoms with Crippen LogP contribution in [0.2, 0.25) is 0 Å². The van der Waals surface area contributed by atoms with Gasteiger partial charge in [0.25, 0.3) is 5.91 Å². The van der Waals surface area contributed by atoms with Crippen LogP contribution in [0.25, 0.3) is 0 Å². The number of para-hydroxylation sites is 1. The molecule has 0 aliphatic carbocycles. The number of nitrogens with zero attached hydrogens (tertiary/aromatic N) is 1. The fraction of sp³-hybridized carbons (Fsp3) is 0.192. The van der Waals surface area contributed by atoms with Gasteiger partial charge in [-0.1, -0.05) is 42.5 Å². The molecule has 0 radical (unpaired) electrons. The fourth-order valence-electron chi connectivity index (χ4n) is 3.68. The van der Waals surface area contributed by atoms with E-state index in [1.165, 1.54) is 18.2 Å². The van der Waals surface area contributed by atoms with Crippen LogP contribution < -0.4 is 20.3 Å². The molecule has 174 valence electrons. The molecule has 0 spiro atoms. The van der Waals surface area contributed by atoms with Crippen LogP contribution in [-0.4, -0.2) is 30.9 Å². The van der Waals surface area contributed by atoms with Gasteiger partial charge in [-0.3, -0.25) is 14.4 Å². The van der Waals surface area contributed by atoms with E-state index >= 15 is 0 Å². The Labute approximate surface area is 196 Å². The van der Waals surface area contributed by atoms with Gasteiger partial charge in [0.05, 0.1) is 11.6 Å². The number of halogens is 1. The maximum Gasteiger partial charge on any atom is 0.262 e. The van der Waals surface area contributed by atoms with Crippen molar-refractivity contribution in [2.24, 2.45) is 5.92 Å². The number of rotatable bonds is 8. The summed E-state index contributed by atoms with van der Waals surface area (Å²) in [6.07, 6.45) is 0.148. The number of anilines is 2. The normalized spacial score (nSPS) is 15.1. The number of ether oxygens (including phenoxy) is 1. The molecule has 1 aliphatic rings. The molecular weight excluding hydrogens is 437 g/mol. The van der Waals surface area contributed by atoms with Gasteiger partial charge in [-0.15, -0.1) is 0 Å². The van der Waals surface area contributed by atoms with E-state index in [0.717, 1.165) is 5.56 Å². The zero-order chi connectivity index (χ0) is 23.9. The van der Waals surface area contributed by atoms with E-state index in [4.69, 9.17) is 4.74 Å². The molecule has 0 unspecified atom stereocenters. The quantitative estimate of drug-likeness (QED) is 0.538. The summed E-state index contributed by atoms with van der Waals surface area (Å²) in [7, 11) is 0. The van der Waals surface area contributed by atoms with Crippen molar-refractivity contribution in [2.45, 2.75) is 13.0 Å². The standard InChI is InChI=1S/C26H24FN3O4/c27-22-8-4-5-9-23(22)29-24(31)17-34-21-12-10-20(11-13-21)30-16-19(14-25(30)32)26(33)28-15-18-6-2-1-3-7-18/h1-13,19H,14-17H2,(H,28,33)(H,29,31)/t19-/m0/s1. The minimum Gasteiger partial charge on any atom is -0.484 e. The maximum absolute atomic E-state index is 13.6. The van der Waals surface area contributed by atoms with Gasteiger partial charge >= 0.3 is 0 Å². The molecule has 1 saturated heterocycles. The van der Waals surface area contributed by atoms with E-state index < -0.39 is 17.6 Å². The summed E-state index contributed by atoms with van der Waals surface area (Å²) < 4.78 is 19.1. The lowest BCUT2D eigenvalue weighted by Gasteiger charge is -2.17. The van der Waals surface area contributed by atoms with Gasteiger partial charge < -0.3 is 20.3 Å². The number of carbonyl (C=O) groups excluding carboxylic acids is 3. The minimum atomic E-state index is -0.525. The Morgan fingerprint density at radius 3 is 2.41 bits per heavy atom. The first-order valence-electron chi connectivity index (χ1n) is 10.9. The zero-order valence-corrected chi connectivity index (χ0v) is 18.4. The molecule has 7 nitrogen and oxygen atoms in total. The second kappa shape index (κ2) is 10.6. The summed E-state index contributed by atoms with van der Waals surface area (Å²) in [6, 6.07) is 22.1. The first-order valence-corrected chi connectivity index (χ1v) is 10.9. The highest BCUT2D eigenvalue weighted by Crippen LogP contribution is 2.27. The van der Waals surface area contributed by atoms with Crippen molar-refractivity contribution in [1.82, 2.24) is 5.32 Å². The number of nitrogens with one attached hydrogen (secondary N) is 2. The molecule has 1 fully saturated rings. The van der Waals surface area contributed by atoms with Crippen molar-refractivity contribution < 1.29 is 23.5 Å². The average molecular weight is 461 g/mol. The smallest absolute Gasteiger partial charge is 0.262 e. The van der Waals surface area contributed by atoms with Crippen molar-refractivity contribution >= 4 is 29.1 Å². The first kappa shape index (κ1) is 23.0. The van der Waals surface area contributed by atoms with E-state index in [-0.39, 0.29) is 30.5 Å². The van der Waals surface area contributed by atoms with E-state index in [1.807, 2.05) is 30.3 Å². The van der Waals surface area contributed by atoms with Crippen molar-refractivity contribution in [2.75, 3.05) is 23.4 Å². The predicted molar refractivity (Wildman–Crippen MR) is 126 cm³/mol. The number of hydrogen-bond donors (Lipinski definition) is 2. The van der Waals surface area contributed by atoms with E-state index in [0.29, 0.717) is 24.5 Å². The predicted octanol–water partition coefficient (Wildman–Crippen LogP) is 3.51. The third-order valence-corrected chi connectivity index (χ3v) is 5.47. The SMILES string of the molecule is O=C(COc1ccc(N2C[C@@H](C(=O)NCc3ccccc3)CC2=O)cc1)Nc1ccccc1F. The Balaban J connectivity index is 1.27. The highest BCUT2D eigenvalue weighted by Gasteiger charge is 2.35. The van der Waals surface area contributed by atoms with Crippen molar-refractivity contribution in [3.63, 3.8) is 0 Å². The van der Waals surface area contributed by atoms with E-state index in [2.05, 4.69) is 10.6 Å². The first-order chi connectivity index (χ1) is 16.5. The molecule has 3 aromatic carbocycles. The van der Waals surface area contributed by atoms with Gasteiger partial charge in [-0.25, -0.2) is 4.39 Å². The lowest BCUT2D eigenvalue weighted by Crippen LogP contribution is -2.32. The van der Waals surface area contributed by atoms with Crippen molar-refractivity contribution in [3.05, 3.63) is 90.2 Å². The lowest BCUT2D eigenvalue weighted by molar-refractivity contribution is -0.126. The van der Waals surface area contributed by atoms with Gasteiger partial charge in [-0.05, 0) is 42.0 Å². The van der Waals surface area contributed by atoms with Gasteiger partial charge in [0.15, 0.2) is 6.61 Å². The zero-order valence-electron chi connectivity index (χ0n) is 18.4. The van der Waals surface area contributed by atoms with Crippen LogP contribution in [0, 0.1) is 11.7 Å². The van der Waals surface area contributed by atoms with Crippen LogP contribution in [0.3, 0.4) is 0 Å². The number of benzene rings is 3. The lowest BCUT2D eigenvalue weighted by atomic mass is 10.1. The second-order valence-corrected chi connectivity index (χ2v) is 7.92. The Hall–Kier alpha value is -4.20. The molecule has 1 atom stereocenters. The third kappa shape index (κ3) is 5.78. The maximum atomic E-state index is 13.6. The van der Waals surface area contributed by atoms with Crippen molar-refractivity contribution in [1.29, 1.82) is 0 Å². The van der Waals surface area contributed by atoms with Crippen LogP contribution in [0.1, 0.15) is 12.0 Å². The average Bonchev–Trinajstić information content (AvgIpc) is 3.25. The number of hydrogen-bond acceptors (Lipinski definition) is 4. The molecule has 34 heavy (non-hydrogen) atoms. The van der Waals surface area contributed by atoms with Crippen molar-refractivity contribution in [3.8, 4) is 5.75 Å². The topological polar surface area (TPSA) is 87.7 Å².